The van der Waals surface area contributed by atoms with Crippen molar-refractivity contribution in [3.05, 3.63) is 17.5 Å². The van der Waals surface area contributed by atoms with Crippen LogP contribution in [0.15, 0.2) is 6.20 Å². The second-order valence-electron chi connectivity index (χ2n) is 6.14. The molecule has 1 aliphatic carbocycles. The van der Waals surface area contributed by atoms with Crippen molar-refractivity contribution in [2.75, 3.05) is 6.61 Å². The third-order valence-corrected chi connectivity index (χ3v) is 4.65. The van der Waals surface area contributed by atoms with Crippen LogP contribution in [0.3, 0.4) is 0 Å². The molecule has 0 saturated heterocycles. The number of hydrogen-bond acceptors (Lipinski definition) is 4. The quantitative estimate of drug-likeness (QED) is 0.597. The van der Waals surface area contributed by atoms with Crippen LogP contribution in [0.25, 0.3) is 0 Å². The van der Waals surface area contributed by atoms with Crippen molar-refractivity contribution in [1.82, 2.24) is 9.78 Å². The fourth-order valence-electron chi connectivity index (χ4n) is 3.06. The number of carbonyl (C=O) groups excluding carboxylic acids is 2. The summed E-state index contributed by atoms with van der Waals surface area (Å²) < 4.78 is 45.7. The maximum absolute atomic E-state index is 13.3. The molecule has 0 radical (unpaired) electrons. The molecule has 1 aromatic heterocycles. The lowest BCUT2D eigenvalue weighted by molar-refractivity contribution is -0.157. The molecule has 2 rings (SSSR count). The number of ether oxygens (including phenoxy) is 1. The fraction of sp³-hybridized carbons (Fsp3) is 0.667. The highest BCUT2D eigenvalue weighted by Gasteiger charge is 2.44. The number of hydrogen-bond donors (Lipinski definition) is 0. The van der Waals surface area contributed by atoms with E-state index >= 15 is 0 Å². The van der Waals surface area contributed by atoms with Crippen LogP contribution in [-0.2, 0) is 15.7 Å². The van der Waals surface area contributed by atoms with Crippen molar-refractivity contribution in [3.8, 4) is 0 Å². The van der Waals surface area contributed by atoms with Gasteiger partial charge in [-0.2, -0.15) is 18.3 Å². The van der Waals surface area contributed by atoms with Gasteiger partial charge in [0.05, 0.1) is 29.8 Å². The highest BCUT2D eigenvalue weighted by atomic mass is 35.5. The molecular formula is C15H18ClF3N2O3. The van der Waals surface area contributed by atoms with E-state index < -0.39 is 34.1 Å². The molecule has 0 aliphatic heterocycles. The molecule has 0 bridgehead atoms. The van der Waals surface area contributed by atoms with E-state index in [1.807, 2.05) is 0 Å². The fourth-order valence-corrected chi connectivity index (χ4v) is 3.20. The minimum absolute atomic E-state index is 0.260. The maximum Gasteiger partial charge on any atom is 0.433 e. The summed E-state index contributed by atoms with van der Waals surface area (Å²) in [7, 11) is 0. The number of nitrogens with zero attached hydrogens (tertiary/aromatic N) is 2. The molecule has 0 atom stereocenters. The zero-order valence-electron chi connectivity index (χ0n) is 13.3. The van der Waals surface area contributed by atoms with E-state index in [-0.39, 0.29) is 12.6 Å². The number of esters is 1. The smallest absolute Gasteiger partial charge is 0.433 e. The van der Waals surface area contributed by atoms with E-state index in [9.17, 15) is 22.8 Å². The minimum atomic E-state index is -4.74. The van der Waals surface area contributed by atoms with Gasteiger partial charge in [0.2, 0.25) is 0 Å². The van der Waals surface area contributed by atoms with E-state index in [4.69, 9.17) is 16.3 Å². The Morgan fingerprint density at radius 2 is 2.00 bits per heavy atom. The van der Waals surface area contributed by atoms with E-state index in [0.29, 0.717) is 25.7 Å². The van der Waals surface area contributed by atoms with Gasteiger partial charge in [-0.1, -0.05) is 0 Å². The highest BCUT2D eigenvalue weighted by molar-refractivity contribution is 6.67. The SMILES string of the molecule is CCOC(=O)[C@]1(C)CC[C@@H](n2ncc(C(=O)Cl)c2C(F)(F)F)CC1. The Kier molecular flexibility index (Phi) is 5.27. The summed E-state index contributed by atoms with van der Waals surface area (Å²) in [5, 5.41) is 2.54. The third-order valence-electron chi connectivity index (χ3n) is 4.45. The summed E-state index contributed by atoms with van der Waals surface area (Å²) in [5.41, 5.74) is -2.49. The molecule has 1 aliphatic rings. The second-order valence-corrected chi connectivity index (χ2v) is 6.48. The Bertz CT molecular complexity index is 634. The summed E-state index contributed by atoms with van der Waals surface area (Å²) in [5.74, 6) is -0.336. The van der Waals surface area contributed by atoms with Gasteiger partial charge in [0.25, 0.3) is 5.24 Å². The molecule has 0 aromatic carbocycles. The number of halogens is 4. The predicted octanol–water partition coefficient (Wildman–Crippen LogP) is 3.97. The Balaban J connectivity index is 2.24. The zero-order chi connectivity index (χ0) is 18.1. The van der Waals surface area contributed by atoms with Crippen molar-refractivity contribution in [3.63, 3.8) is 0 Å². The van der Waals surface area contributed by atoms with Gasteiger partial charge >= 0.3 is 12.1 Å². The van der Waals surface area contributed by atoms with Crippen molar-refractivity contribution in [2.24, 2.45) is 5.41 Å². The van der Waals surface area contributed by atoms with Gasteiger partial charge in [0.15, 0.2) is 5.69 Å². The first-order valence-corrected chi connectivity index (χ1v) is 7.99. The van der Waals surface area contributed by atoms with Crippen LogP contribution in [0.4, 0.5) is 13.2 Å². The molecule has 9 heteroatoms. The maximum atomic E-state index is 13.3. The number of aromatic nitrogens is 2. The van der Waals surface area contributed by atoms with Crippen molar-refractivity contribution in [1.29, 1.82) is 0 Å². The Morgan fingerprint density at radius 3 is 2.46 bits per heavy atom. The molecule has 0 N–H and O–H groups in total. The van der Waals surface area contributed by atoms with E-state index in [1.165, 1.54) is 0 Å². The molecule has 1 fully saturated rings. The van der Waals surface area contributed by atoms with Crippen LogP contribution in [0.5, 0.6) is 0 Å². The monoisotopic (exact) mass is 366 g/mol. The van der Waals surface area contributed by atoms with Crippen molar-refractivity contribution >= 4 is 22.8 Å². The van der Waals surface area contributed by atoms with Gasteiger partial charge in [0, 0.05) is 0 Å². The zero-order valence-corrected chi connectivity index (χ0v) is 14.1. The van der Waals surface area contributed by atoms with Crippen LogP contribution in [0, 0.1) is 5.41 Å². The van der Waals surface area contributed by atoms with Gasteiger partial charge in [-0.15, -0.1) is 0 Å². The molecule has 0 unspecified atom stereocenters. The average molecular weight is 367 g/mol. The standard InChI is InChI=1S/C15H18ClF3N2O3/c1-3-24-13(23)14(2)6-4-9(5-7-14)21-11(15(17,18)19)10(8-20-21)12(16)22/h8-9H,3-7H2,1-2H3/t9-,14-. The van der Waals surface area contributed by atoms with E-state index in [0.717, 1.165) is 10.9 Å². The number of alkyl halides is 3. The summed E-state index contributed by atoms with van der Waals surface area (Å²) in [6, 6.07) is -0.547. The Morgan fingerprint density at radius 1 is 1.42 bits per heavy atom. The van der Waals surface area contributed by atoms with Crippen LogP contribution < -0.4 is 0 Å². The summed E-state index contributed by atoms with van der Waals surface area (Å²) in [4.78, 5) is 23.2. The van der Waals surface area contributed by atoms with Gasteiger partial charge in [0.1, 0.15) is 0 Å². The summed E-state index contributed by atoms with van der Waals surface area (Å²) >= 11 is 5.23. The molecule has 134 valence electrons. The molecule has 1 aromatic rings. The summed E-state index contributed by atoms with van der Waals surface area (Å²) in [6.45, 7) is 3.72. The molecule has 0 spiro atoms. The number of rotatable bonds is 4. The van der Waals surface area contributed by atoms with Crippen LogP contribution in [0.1, 0.15) is 61.6 Å². The van der Waals surface area contributed by atoms with E-state index in [2.05, 4.69) is 5.10 Å². The Hall–Kier alpha value is -1.57. The van der Waals surface area contributed by atoms with Crippen molar-refractivity contribution < 1.29 is 27.5 Å². The van der Waals surface area contributed by atoms with Crippen LogP contribution in [0.2, 0.25) is 0 Å². The second kappa shape index (κ2) is 6.74. The predicted molar refractivity (Wildman–Crippen MR) is 79.7 cm³/mol. The molecule has 1 saturated carbocycles. The Labute approximate surface area is 142 Å². The molecular weight excluding hydrogens is 349 g/mol. The largest absolute Gasteiger partial charge is 0.466 e. The first kappa shape index (κ1) is 18.8. The van der Waals surface area contributed by atoms with Gasteiger partial charge < -0.3 is 4.74 Å². The summed E-state index contributed by atoms with van der Waals surface area (Å²) in [6.07, 6.45) is -2.46. The van der Waals surface area contributed by atoms with Crippen molar-refractivity contribution in [2.45, 2.75) is 51.7 Å². The van der Waals surface area contributed by atoms with Gasteiger partial charge in [-0.3, -0.25) is 14.3 Å². The average Bonchev–Trinajstić information content (AvgIpc) is 2.93. The van der Waals surface area contributed by atoms with Crippen LogP contribution in [-0.4, -0.2) is 27.6 Å². The minimum Gasteiger partial charge on any atom is -0.466 e. The normalized spacial score (nSPS) is 24.7. The molecule has 0 amide bonds. The first-order valence-electron chi connectivity index (χ1n) is 7.62. The third kappa shape index (κ3) is 3.58. The number of carbonyl (C=O) groups is 2. The van der Waals surface area contributed by atoms with Crippen LogP contribution >= 0.6 is 11.6 Å². The van der Waals surface area contributed by atoms with Gasteiger partial charge in [-0.05, 0) is 51.1 Å². The molecule has 1 heterocycles. The van der Waals surface area contributed by atoms with Gasteiger partial charge in [-0.25, -0.2) is 0 Å². The lowest BCUT2D eigenvalue weighted by atomic mass is 9.74. The molecule has 5 nitrogen and oxygen atoms in total. The highest BCUT2D eigenvalue weighted by Crippen LogP contribution is 2.44. The molecule has 24 heavy (non-hydrogen) atoms. The lowest BCUT2D eigenvalue weighted by Gasteiger charge is -2.35. The lowest BCUT2D eigenvalue weighted by Crippen LogP contribution is -2.35. The topological polar surface area (TPSA) is 61.2 Å². The van der Waals surface area contributed by atoms with E-state index in [1.54, 1.807) is 13.8 Å². The first-order chi connectivity index (χ1) is 11.1.